The summed E-state index contributed by atoms with van der Waals surface area (Å²) >= 11 is 0. The van der Waals surface area contributed by atoms with Gasteiger partial charge in [-0.2, -0.15) is 8.78 Å². The van der Waals surface area contributed by atoms with Crippen LogP contribution in [0.2, 0.25) is 0 Å². The Kier molecular flexibility index (Phi) is 11.2. The molecule has 0 heterocycles. The second-order valence-corrected chi connectivity index (χ2v) is 8.64. The number of nitrogens with zero attached hydrogens (tertiary/aromatic N) is 1. The van der Waals surface area contributed by atoms with Gasteiger partial charge in [-0.25, -0.2) is 4.57 Å². The first-order valence-corrected chi connectivity index (χ1v) is 10.2. The molecule has 1 N–H and O–H groups in total. The van der Waals surface area contributed by atoms with Crippen molar-refractivity contribution in [1.82, 2.24) is 0 Å². The number of Topliss-reactive ketones (excluding diaryl/α,β-unsaturated/α-hetero) is 1. The van der Waals surface area contributed by atoms with E-state index in [4.69, 9.17) is 4.52 Å². The van der Waals surface area contributed by atoms with Crippen molar-refractivity contribution in [1.29, 1.82) is 0 Å². The number of hydrogen-bond acceptors (Lipinski definition) is 4. The number of rotatable bonds is 15. The van der Waals surface area contributed by atoms with Gasteiger partial charge in [0.2, 0.25) is 5.78 Å². The van der Waals surface area contributed by atoms with Gasteiger partial charge in [-0.05, 0) is 6.42 Å². The quantitative estimate of drug-likeness (QED) is 0.263. The van der Waals surface area contributed by atoms with Gasteiger partial charge in [0, 0.05) is 12.8 Å². The third kappa shape index (κ3) is 13.5. The van der Waals surface area contributed by atoms with E-state index in [1.54, 1.807) is 0 Å². The zero-order chi connectivity index (χ0) is 19.6. The Balaban J connectivity index is 4.09. The fourth-order valence-electron chi connectivity index (χ4n) is 1.97. The highest BCUT2D eigenvalue weighted by Gasteiger charge is 2.38. The molecule has 0 saturated carbocycles. The Morgan fingerprint density at radius 3 is 2.20 bits per heavy atom. The summed E-state index contributed by atoms with van der Waals surface area (Å²) in [6.07, 6.45) is 3.06. The summed E-state index contributed by atoms with van der Waals surface area (Å²) in [5, 5.41) is 0. The highest BCUT2D eigenvalue weighted by atomic mass is 31.2. The molecule has 9 heteroatoms. The molecule has 0 spiro atoms. The molecule has 25 heavy (non-hydrogen) atoms. The molecule has 0 aliphatic rings. The van der Waals surface area contributed by atoms with Crippen molar-refractivity contribution in [2.24, 2.45) is 0 Å². The van der Waals surface area contributed by atoms with Crippen LogP contribution < -0.4 is 0 Å². The number of carbonyl (C=O) groups excluding carboxylic acids is 1. The molecule has 0 saturated heterocycles. The molecule has 6 nitrogen and oxygen atoms in total. The van der Waals surface area contributed by atoms with Crippen molar-refractivity contribution in [2.75, 3.05) is 40.9 Å². The number of halogens is 2. The van der Waals surface area contributed by atoms with Gasteiger partial charge < -0.3 is 9.38 Å². The molecule has 0 fully saturated rings. The smallest absolute Gasteiger partial charge is 0.329 e. The van der Waals surface area contributed by atoms with E-state index in [1.165, 1.54) is 0 Å². The van der Waals surface area contributed by atoms with Crippen molar-refractivity contribution in [3.05, 3.63) is 0 Å². The summed E-state index contributed by atoms with van der Waals surface area (Å²) in [6.45, 7) is 1.75. The summed E-state index contributed by atoms with van der Waals surface area (Å²) in [5.41, 5.74) is 0. The molecule has 0 aromatic rings. The number of alkyl halides is 2. The number of likely N-dealkylation sites (N-methyl/N-ethyl adjacent to an activating group) is 1. The highest BCUT2D eigenvalue weighted by molar-refractivity contribution is 7.47. The van der Waals surface area contributed by atoms with E-state index in [1.807, 2.05) is 28.1 Å². The lowest BCUT2D eigenvalue weighted by Crippen LogP contribution is -2.37. The summed E-state index contributed by atoms with van der Waals surface area (Å²) in [6, 6.07) is 0. The van der Waals surface area contributed by atoms with Crippen LogP contribution in [0.4, 0.5) is 8.78 Å². The SMILES string of the molecule is CCCCCCCC(=O)C(F)(F)CCOP(=O)(O)OCC[N+](C)(C)C. The first-order valence-electron chi connectivity index (χ1n) is 8.73. The average molecular weight is 388 g/mol. The molecule has 0 bridgehead atoms. The third-order valence-corrected chi connectivity index (χ3v) is 4.62. The van der Waals surface area contributed by atoms with Gasteiger partial charge in [0.25, 0.3) is 0 Å². The maximum atomic E-state index is 13.7. The zero-order valence-electron chi connectivity index (χ0n) is 15.8. The minimum absolute atomic E-state index is 0.0373. The molecule has 150 valence electrons. The van der Waals surface area contributed by atoms with E-state index in [0.717, 1.165) is 25.7 Å². The summed E-state index contributed by atoms with van der Waals surface area (Å²) < 4.78 is 48.8. The predicted octanol–water partition coefficient (Wildman–Crippen LogP) is 3.78. The van der Waals surface area contributed by atoms with Crippen LogP contribution in [-0.2, 0) is 18.4 Å². The Labute approximate surface area is 149 Å². The number of hydrogen-bond donors (Lipinski definition) is 1. The number of carbonyl (C=O) groups is 1. The van der Waals surface area contributed by atoms with Gasteiger partial charge in [-0.15, -0.1) is 0 Å². The molecule has 0 aliphatic heterocycles. The van der Waals surface area contributed by atoms with Gasteiger partial charge in [0.05, 0.1) is 27.7 Å². The van der Waals surface area contributed by atoms with Crippen LogP contribution >= 0.6 is 7.82 Å². The van der Waals surface area contributed by atoms with Crippen LogP contribution in [0.1, 0.15) is 51.9 Å². The number of phosphoric ester groups is 1. The number of phosphoric acid groups is 1. The van der Waals surface area contributed by atoms with E-state index in [2.05, 4.69) is 4.52 Å². The standard InChI is InChI=1S/C16H32F2NO5P/c1-5-6-7-8-9-10-15(20)16(17,18)11-13-23-25(21,22)24-14-12-19(2,3)4/h5-14H2,1-4H3/p+1. The van der Waals surface area contributed by atoms with E-state index in [0.29, 0.717) is 17.4 Å². The van der Waals surface area contributed by atoms with E-state index in [9.17, 15) is 23.0 Å². The number of quaternary nitrogens is 1. The van der Waals surface area contributed by atoms with Crippen molar-refractivity contribution in [3.63, 3.8) is 0 Å². The van der Waals surface area contributed by atoms with Crippen molar-refractivity contribution in [2.45, 2.75) is 57.8 Å². The summed E-state index contributed by atoms with van der Waals surface area (Å²) in [5.74, 6) is -4.70. The Morgan fingerprint density at radius 2 is 1.64 bits per heavy atom. The molecule has 1 atom stereocenters. The second-order valence-electron chi connectivity index (χ2n) is 7.19. The minimum Gasteiger partial charge on any atom is -0.329 e. The van der Waals surface area contributed by atoms with Crippen molar-refractivity contribution < 1.29 is 36.6 Å². The summed E-state index contributed by atoms with van der Waals surface area (Å²) in [4.78, 5) is 21.0. The number of ketones is 1. The van der Waals surface area contributed by atoms with Crippen LogP contribution in [-0.4, -0.2) is 62.0 Å². The summed E-state index contributed by atoms with van der Waals surface area (Å²) in [7, 11) is 1.24. The lowest BCUT2D eigenvalue weighted by atomic mass is 10.0. The first-order chi connectivity index (χ1) is 11.4. The highest BCUT2D eigenvalue weighted by Crippen LogP contribution is 2.43. The van der Waals surface area contributed by atoms with Gasteiger partial charge in [0.1, 0.15) is 13.2 Å². The largest absolute Gasteiger partial charge is 0.472 e. The molecule has 0 rings (SSSR count). The molecule has 0 aliphatic carbocycles. The third-order valence-electron chi connectivity index (χ3n) is 3.60. The van der Waals surface area contributed by atoms with E-state index < -0.39 is 32.6 Å². The van der Waals surface area contributed by atoms with Gasteiger partial charge in [0.15, 0.2) is 0 Å². The molecule has 0 aromatic carbocycles. The van der Waals surface area contributed by atoms with E-state index in [-0.39, 0.29) is 13.0 Å². The van der Waals surface area contributed by atoms with Crippen LogP contribution in [0.15, 0.2) is 0 Å². The minimum atomic E-state index is -4.38. The maximum absolute atomic E-state index is 13.7. The lowest BCUT2D eigenvalue weighted by Gasteiger charge is -2.24. The van der Waals surface area contributed by atoms with Gasteiger partial charge >= 0.3 is 13.7 Å². The van der Waals surface area contributed by atoms with Gasteiger partial charge in [-0.1, -0.05) is 32.6 Å². The predicted molar refractivity (Wildman–Crippen MR) is 92.6 cm³/mol. The fraction of sp³-hybridized carbons (Fsp3) is 0.938. The zero-order valence-corrected chi connectivity index (χ0v) is 16.7. The molecule has 0 radical (unpaired) electrons. The topological polar surface area (TPSA) is 72.8 Å². The first kappa shape index (κ1) is 24.6. The monoisotopic (exact) mass is 388 g/mol. The van der Waals surface area contributed by atoms with Crippen molar-refractivity contribution >= 4 is 13.6 Å². The van der Waals surface area contributed by atoms with Gasteiger partial charge in [-0.3, -0.25) is 13.8 Å². The van der Waals surface area contributed by atoms with Crippen LogP contribution in [0.3, 0.4) is 0 Å². The Hall–Kier alpha value is -0.400. The van der Waals surface area contributed by atoms with Crippen molar-refractivity contribution in [3.8, 4) is 0 Å². The lowest BCUT2D eigenvalue weighted by molar-refractivity contribution is -0.870. The van der Waals surface area contributed by atoms with Crippen LogP contribution in [0.25, 0.3) is 0 Å². The van der Waals surface area contributed by atoms with E-state index >= 15 is 0 Å². The van der Waals surface area contributed by atoms with Crippen LogP contribution in [0, 0.1) is 0 Å². The van der Waals surface area contributed by atoms with Crippen LogP contribution in [0.5, 0.6) is 0 Å². The second kappa shape index (κ2) is 11.3. The average Bonchev–Trinajstić information content (AvgIpc) is 2.44. The normalized spacial score (nSPS) is 15.2. The number of unbranched alkanes of at least 4 members (excludes halogenated alkanes) is 4. The molecular weight excluding hydrogens is 355 g/mol. The molecule has 0 amide bonds. The fourth-order valence-corrected chi connectivity index (χ4v) is 2.68. The maximum Gasteiger partial charge on any atom is 0.472 e. The molecule has 0 aromatic heterocycles. The Bertz CT molecular complexity index is 441. The Morgan fingerprint density at radius 1 is 1.08 bits per heavy atom. The molecule has 1 unspecified atom stereocenters. The molecular formula is C16H33F2NO5P+.